The third-order valence-electron chi connectivity index (χ3n) is 3.70. The van der Waals surface area contributed by atoms with Gasteiger partial charge in [0.15, 0.2) is 5.82 Å². The largest absolute Gasteiger partial charge is 0.342 e. The van der Waals surface area contributed by atoms with Crippen LogP contribution in [0.15, 0.2) is 29.7 Å². The smallest absolute Gasteiger partial charge is 0.233 e. The van der Waals surface area contributed by atoms with Crippen LogP contribution in [0.4, 0.5) is 0 Å². The monoisotopic (exact) mass is 317 g/mol. The first-order valence-electron chi connectivity index (χ1n) is 7.56. The van der Waals surface area contributed by atoms with E-state index in [1.54, 1.807) is 12.4 Å². The fraction of sp³-hybridized carbons (Fsp3) is 0.467. The molecule has 1 fully saturated rings. The minimum atomic E-state index is 0.183. The van der Waals surface area contributed by atoms with E-state index in [2.05, 4.69) is 20.2 Å². The number of hydrogen-bond acceptors (Lipinski definition) is 5. The van der Waals surface area contributed by atoms with Crippen LogP contribution in [0.1, 0.15) is 25.7 Å². The van der Waals surface area contributed by atoms with Crippen molar-refractivity contribution in [3.8, 4) is 11.4 Å². The summed E-state index contributed by atoms with van der Waals surface area (Å²) in [6.07, 6.45) is 8.12. The van der Waals surface area contributed by atoms with Crippen LogP contribution < -0.4 is 0 Å². The van der Waals surface area contributed by atoms with Gasteiger partial charge in [-0.15, -0.1) is 5.10 Å². The van der Waals surface area contributed by atoms with Gasteiger partial charge in [-0.25, -0.2) is 4.98 Å². The van der Waals surface area contributed by atoms with Crippen molar-refractivity contribution < 1.29 is 4.79 Å². The predicted molar refractivity (Wildman–Crippen MR) is 85.4 cm³/mol. The molecule has 0 radical (unpaired) electrons. The number of aromatic amines is 1. The number of amides is 1. The van der Waals surface area contributed by atoms with Gasteiger partial charge in [-0.2, -0.15) is 0 Å². The summed E-state index contributed by atoms with van der Waals surface area (Å²) in [5, 5.41) is 7.67. The number of carbonyl (C=O) groups is 1. The van der Waals surface area contributed by atoms with E-state index in [1.165, 1.54) is 24.6 Å². The molecule has 1 amide bonds. The van der Waals surface area contributed by atoms with Gasteiger partial charge in [0.25, 0.3) is 0 Å². The van der Waals surface area contributed by atoms with Crippen molar-refractivity contribution in [2.24, 2.45) is 0 Å². The minimum Gasteiger partial charge on any atom is -0.342 e. The molecule has 1 N–H and O–H groups in total. The molecule has 0 unspecified atom stereocenters. The summed E-state index contributed by atoms with van der Waals surface area (Å²) in [4.78, 5) is 22.6. The lowest BCUT2D eigenvalue weighted by atomic mass is 10.2. The Morgan fingerprint density at radius 3 is 2.64 bits per heavy atom. The summed E-state index contributed by atoms with van der Waals surface area (Å²) in [6, 6.07) is 3.74. The first-order chi connectivity index (χ1) is 10.8. The number of pyridine rings is 1. The number of carbonyl (C=O) groups excluding carboxylic acids is 1. The fourth-order valence-corrected chi connectivity index (χ4v) is 3.19. The van der Waals surface area contributed by atoms with Crippen molar-refractivity contribution in [2.75, 3.05) is 18.8 Å². The molecule has 2 aromatic rings. The van der Waals surface area contributed by atoms with Crippen LogP contribution in [0, 0.1) is 0 Å². The van der Waals surface area contributed by atoms with E-state index in [-0.39, 0.29) is 5.91 Å². The van der Waals surface area contributed by atoms with Gasteiger partial charge >= 0.3 is 0 Å². The lowest BCUT2D eigenvalue weighted by Gasteiger charge is -2.19. The second-order valence-electron chi connectivity index (χ2n) is 5.29. The molecule has 7 heteroatoms. The highest BCUT2D eigenvalue weighted by molar-refractivity contribution is 7.99. The Morgan fingerprint density at radius 1 is 1.18 bits per heavy atom. The Kier molecular flexibility index (Phi) is 5.05. The molecule has 0 aliphatic carbocycles. The van der Waals surface area contributed by atoms with Crippen LogP contribution in [-0.4, -0.2) is 49.8 Å². The van der Waals surface area contributed by atoms with E-state index in [1.807, 2.05) is 17.0 Å². The molecule has 6 nitrogen and oxygen atoms in total. The van der Waals surface area contributed by atoms with Crippen molar-refractivity contribution in [1.29, 1.82) is 0 Å². The van der Waals surface area contributed by atoms with Crippen LogP contribution in [-0.2, 0) is 4.79 Å². The maximum atomic E-state index is 12.2. The molecule has 116 valence electrons. The molecule has 3 rings (SSSR count). The van der Waals surface area contributed by atoms with Crippen LogP contribution in [0.3, 0.4) is 0 Å². The number of nitrogens with one attached hydrogen (secondary N) is 1. The van der Waals surface area contributed by atoms with Gasteiger partial charge in [0.2, 0.25) is 11.1 Å². The second-order valence-corrected chi connectivity index (χ2v) is 6.23. The number of H-pyrrole nitrogens is 1. The average Bonchev–Trinajstić information content (AvgIpc) is 2.87. The van der Waals surface area contributed by atoms with E-state index < -0.39 is 0 Å². The van der Waals surface area contributed by atoms with Gasteiger partial charge in [-0.05, 0) is 25.0 Å². The van der Waals surface area contributed by atoms with Crippen LogP contribution in [0.25, 0.3) is 11.4 Å². The van der Waals surface area contributed by atoms with Gasteiger partial charge in [0.1, 0.15) is 0 Å². The Bertz CT molecular complexity index is 607. The zero-order chi connectivity index (χ0) is 15.2. The Hall–Kier alpha value is -1.89. The average molecular weight is 317 g/mol. The Morgan fingerprint density at radius 2 is 1.91 bits per heavy atom. The van der Waals surface area contributed by atoms with Crippen LogP contribution >= 0.6 is 11.8 Å². The molecule has 2 aromatic heterocycles. The Balaban J connectivity index is 1.55. The van der Waals surface area contributed by atoms with Gasteiger partial charge in [-0.1, -0.05) is 24.6 Å². The van der Waals surface area contributed by atoms with E-state index in [0.717, 1.165) is 31.5 Å². The highest BCUT2D eigenvalue weighted by Gasteiger charge is 2.16. The molecule has 22 heavy (non-hydrogen) atoms. The van der Waals surface area contributed by atoms with Crippen molar-refractivity contribution in [3.05, 3.63) is 24.5 Å². The summed E-state index contributed by atoms with van der Waals surface area (Å²) in [6.45, 7) is 1.77. The van der Waals surface area contributed by atoms with Gasteiger partial charge in [0.05, 0.1) is 5.75 Å². The van der Waals surface area contributed by atoms with Crippen molar-refractivity contribution in [2.45, 2.75) is 30.8 Å². The Labute approximate surface area is 133 Å². The first-order valence-corrected chi connectivity index (χ1v) is 8.55. The molecule has 0 aromatic carbocycles. The highest BCUT2D eigenvalue weighted by atomic mass is 32.2. The van der Waals surface area contributed by atoms with E-state index in [9.17, 15) is 4.79 Å². The number of aromatic nitrogens is 4. The predicted octanol–water partition coefficient (Wildman–Crippen LogP) is 2.36. The van der Waals surface area contributed by atoms with E-state index >= 15 is 0 Å². The third-order valence-corrected chi connectivity index (χ3v) is 4.53. The maximum absolute atomic E-state index is 12.2. The van der Waals surface area contributed by atoms with Crippen molar-refractivity contribution in [3.63, 3.8) is 0 Å². The zero-order valence-electron chi connectivity index (χ0n) is 12.4. The molecule has 1 aliphatic heterocycles. The van der Waals surface area contributed by atoms with E-state index in [0.29, 0.717) is 16.7 Å². The van der Waals surface area contributed by atoms with Crippen molar-refractivity contribution in [1.82, 2.24) is 25.1 Å². The topological polar surface area (TPSA) is 74.8 Å². The lowest BCUT2D eigenvalue weighted by Crippen LogP contribution is -2.33. The lowest BCUT2D eigenvalue weighted by molar-refractivity contribution is -0.128. The first kappa shape index (κ1) is 15.0. The zero-order valence-corrected chi connectivity index (χ0v) is 13.2. The molecule has 3 heterocycles. The van der Waals surface area contributed by atoms with Gasteiger partial charge < -0.3 is 4.90 Å². The number of hydrogen-bond donors (Lipinski definition) is 1. The number of rotatable bonds is 4. The molecular weight excluding hydrogens is 298 g/mol. The minimum absolute atomic E-state index is 0.183. The number of nitrogens with zero attached hydrogens (tertiary/aromatic N) is 4. The quantitative estimate of drug-likeness (QED) is 0.876. The molecular formula is C15H19N5OS. The molecule has 0 saturated carbocycles. The molecule has 1 aliphatic rings. The second kappa shape index (κ2) is 7.40. The normalized spacial score (nSPS) is 15.5. The SMILES string of the molecule is O=C(CSc1n[nH]c(-c2ccncc2)n1)N1CCCCCC1. The van der Waals surface area contributed by atoms with Crippen LogP contribution in [0.5, 0.6) is 0 Å². The number of thioether (sulfide) groups is 1. The van der Waals surface area contributed by atoms with E-state index in [4.69, 9.17) is 0 Å². The summed E-state index contributed by atoms with van der Waals surface area (Å²) < 4.78 is 0. The third kappa shape index (κ3) is 3.85. The van der Waals surface area contributed by atoms with Gasteiger partial charge in [-0.3, -0.25) is 14.9 Å². The summed E-state index contributed by atoms with van der Waals surface area (Å²) >= 11 is 1.38. The number of likely N-dealkylation sites (tertiary alicyclic amines) is 1. The molecule has 0 spiro atoms. The summed E-state index contributed by atoms with van der Waals surface area (Å²) in [7, 11) is 0. The summed E-state index contributed by atoms with van der Waals surface area (Å²) in [5.74, 6) is 1.28. The van der Waals surface area contributed by atoms with Crippen molar-refractivity contribution >= 4 is 17.7 Å². The standard InChI is InChI=1S/C15H19N5OS/c21-13(20-9-3-1-2-4-10-20)11-22-15-17-14(18-19-15)12-5-7-16-8-6-12/h5-8H,1-4,9-11H2,(H,17,18,19). The van der Waals surface area contributed by atoms with Gasteiger partial charge in [0, 0.05) is 31.0 Å². The van der Waals surface area contributed by atoms with Crippen LogP contribution in [0.2, 0.25) is 0 Å². The molecule has 1 saturated heterocycles. The highest BCUT2D eigenvalue weighted by Crippen LogP contribution is 2.19. The molecule has 0 bridgehead atoms. The summed E-state index contributed by atoms with van der Waals surface area (Å²) in [5.41, 5.74) is 0.938. The maximum Gasteiger partial charge on any atom is 0.233 e. The fourth-order valence-electron chi connectivity index (χ4n) is 2.49. The molecule has 0 atom stereocenters.